The van der Waals surface area contributed by atoms with E-state index in [0.717, 1.165) is 5.56 Å². The lowest BCUT2D eigenvalue weighted by Gasteiger charge is -2.11. The highest BCUT2D eigenvalue weighted by molar-refractivity contribution is 6.42. The van der Waals surface area contributed by atoms with E-state index >= 15 is 0 Å². The number of nitrogens with two attached hydrogens (primary N) is 2. The topological polar surface area (TPSA) is 52.0 Å². The zero-order valence-corrected chi connectivity index (χ0v) is 7.94. The summed E-state index contributed by atoms with van der Waals surface area (Å²) in [5.41, 5.74) is 11.9. The summed E-state index contributed by atoms with van der Waals surface area (Å²) in [5, 5.41) is 1.01. The van der Waals surface area contributed by atoms with Gasteiger partial charge in [-0.05, 0) is 11.6 Å². The first-order chi connectivity index (χ1) is 5.66. The van der Waals surface area contributed by atoms with Gasteiger partial charge in [0.15, 0.2) is 0 Å². The van der Waals surface area contributed by atoms with Crippen molar-refractivity contribution in [2.75, 3.05) is 6.54 Å². The number of benzene rings is 1. The summed E-state index contributed by atoms with van der Waals surface area (Å²) in [6.45, 7) is 0.361. The highest BCUT2D eigenvalue weighted by Gasteiger charge is 2.09. The quantitative estimate of drug-likeness (QED) is 0.775. The number of hydrogen-bond acceptors (Lipinski definition) is 2. The van der Waals surface area contributed by atoms with Crippen LogP contribution in [0.3, 0.4) is 0 Å². The van der Waals surface area contributed by atoms with Crippen LogP contribution in [-0.2, 0) is 0 Å². The van der Waals surface area contributed by atoms with E-state index in [1.165, 1.54) is 0 Å². The van der Waals surface area contributed by atoms with Gasteiger partial charge in [-0.15, -0.1) is 0 Å². The molecule has 0 saturated carbocycles. The normalized spacial score (nSPS) is 13.0. The van der Waals surface area contributed by atoms with Crippen LogP contribution in [0.25, 0.3) is 0 Å². The van der Waals surface area contributed by atoms with Crippen LogP contribution in [0, 0.1) is 0 Å². The van der Waals surface area contributed by atoms with Gasteiger partial charge in [0.25, 0.3) is 0 Å². The van der Waals surface area contributed by atoms with Gasteiger partial charge in [-0.1, -0.05) is 35.3 Å². The molecule has 0 aromatic heterocycles. The summed E-state index contributed by atoms with van der Waals surface area (Å²) in [6.07, 6.45) is 0. The summed E-state index contributed by atoms with van der Waals surface area (Å²) in [4.78, 5) is 0. The molecule has 0 heterocycles. The van der Waals surface area contributed by atoms with Crippen molar-refractivity contribution in [3.63, 3.8) is 0 Å². The Hall–Kier alpha value is -0.280. The third-order valence-corrected chi connectivity index (χ3v) is 2.47. The molecule has 1 unspecified atom stereocenters. The maximum atomic E-state index is 5.90. The lowest BCUT2D eigenvalue weighted by Crippen LogP contribution is -2.21. The van der Waals surface area contributed by atoms with E-state index in [4.69, 9.17) is 34.7 Å². The predicted molar refractivity (Wildman–Crippen MR) is 52.4 cm³/mol. The van der Waals surface area contributed by atoms with Gasteiger partial charge in [-0.3, -0.25) is 0 Å². The Kier molecular flexibility index (Phi) is 3.35. The molecule has 1 atom stereocenters. The summed E-state index contributed by atoms with van der Waals surface area (Å²) in [5.74, 6) is 0. The van der Waals surface area contributed by atoms with Gasteiger partial charge < -0.3 is 11.5 Å². The Bertz CT molecular complexity index is 276. The molecular weight excluding hydrogens is 195 g/mol. The van der Waals surface area contributed by atoms with Crippen LogP contribution in [0.2, 0.25) is 10.0 Å². The van der Waals surface area contributed by atoms with Gasteiger partial charge in [0, 0.05) is 12.6 Å². The fourth-order valence-electron chi connectivity index (χ4n) is 0.934. The van der Waals surface area contributed by atoms with E-state index in [-0.39, 0.29) is 6.04 Å². The molecule has 1 rings (SSSR count). The summed E-state index contributed by atoms with van der Waals surface area (Å²) >= 11 is 11.7. The molecule has 0 saturated heterocycles. The monoisotopic (exact) mass is 204 g/mol. The van der Waals surface area contributed by atoms with Crippen molar-refractivity contribution >= 4 is 23.2 Å². The number of halogens is 2. The molecule has 0 bridgehead atoms. The molecule has 0 amide bonds. The van der Waals surface area contributed by atoms with Crippen LogP contribution in [0.5, 0.6) is 0 Å². The molecule has 0 aliphatic rings. The first kappa shape index (κ1) is 9.81. The molecule has 0 radical (unpaired) electrons. The third-order valence-electron chi connectivity index (χ3n) is 1.63. The van der Waals surface area contributed by atoms with E-state index in [0.29, 0.717) is 16.6 Å². The fourth-order valence-corrected chi connectivity index (χ4v) is 1.38. The average molecular weight is 205 g/mol. The van der Waals surface area contributed by atoms with E-state index in [2.05, 4.69) is 0 Å². The Balaban J connectivity index is 3.07. The predicted octanol–water partition coefficient (Wildman–Crippen LogP) is 1.95. The van der Waals surface area contributed by atoms with Crippen LogP contribution in [0.15, 0.2) is 18.2 Å². The second kappa shape index (κ2) is 4.10. The van der Waals surface area contributed by atoms with Gasteiger partial charge in [0.2, 0.25) is 0 Å². The van der Waals surface area contributed by atoms with Gasteiger partial charge >= 0.3 is 0 Å². The lowest BCUT2D eigenvalue weighted by atomic mass is 10.1. The second-order valence-corrected chi connectivity index (χ2v) is 3.27. The van der Waals surface area contributed by atoms with Crippen molar-refractivity contribution in [2.45, 2.75) is 6.04 Å². The van der Waals surface area contributed by atoms with Gasteiger partial charge in [0.1, 0.15) is 0 Å². The molecular formula is C8H10Cl2N2. The SMILES string of the molecule is NCC(N)c1cccc(Cl)c1Cl. The van der Waals surface area contributed by atoms with E-state index < -0.39 is 0 Å². The Morgan fingerprint density at radius 2 is 2.00 bits per heavy atom. The minimum Gasteiger partial charge on any atom is -0.329 e. The van der Waals surface area contributed by atoms with E-state index in [9.17, 15) is 0 Å². The minimum atomic E-state index is -0.240. The van der Waals surface area contributed by atoms with Crippen molar-refractivity contribution in [2.24, 2.45) is 11.5 Å². The van der Waals surface area contributed by atoms with Gasteiger partial charge in [-0.25, -0.2) is 0 Å². The number of rotatable bonds is 2. The Morgan fingerprint density at radius 3 is 2.58 bits per heavy atom. The molecule has 1 aromatic rings. The molecule has 2 nitrogen and oxygen atoms in total. The van der Waals surface area contributed by atoms with Crippen LogP contribution < -0.4 is 11.5 Å². The van der Waals surface area contributed by atoms with Crippen molar-refractivity contribution in [3.05, 3.63) is 33.8 Å². The lowest BCUT2D eigenvalue weighted by molar-refractivity contribution is 0.737. The molecule has 0 fully saturated rings. The number of hydrogen-bond donors (Lipinski definition) is 2. The van der Waals surface area contributed by atoms with Crippen molar-refractivity contribution in [1.82, 2.24) is 0 Å². The van der Waals surface area contributed by atoms with Crippen molar-refractivity contribution < 1.29 is 0 Å². The maximum absolute atomic E-state index is 5.90. The summed E-state index contributed by atoms with van der Waals surface area (Å²) in [7, 11) is 0. The molecule has 12 heavy (non-hydrogen) atoms. The van der Waals surface area contributed by atoms with Gasteiger partial charge in [0.05, 0.1) is 10.0 Å². The smallest absolute Gasteiger partial charge is 0.0640 e. The highest BCUT2D eigenvalue weighted by Crippen LogP contribution is 2.28. The molecule has 4 N–H and O–H groups in total. The minimum absolute atomic E-state index is 0.240. The Morgan fingerprint density at radius 1 is 1.33 bits per heavy atom. The molecule has 0 aliphatic carbocycles. The van der Waals surface area contributed by atoms with E-state index in [1.54, 1.807) is 12.1 Å². The fraction of sp³-hybridized carbons (Fsp3) is 0.250. The summed E-state index contributed by atoms with van der Waals surface area (Å²) < 4.78 is 0. The standard InChI is InChI=1S/C8H10Cl2N2/c9-6-3-1-2-5(8(6)10)7(12)4-11/h1-3,7H,4,11-12H2. The van der Waals surface area contributed by atoms with Crippen molar-refractivity contribution in [3.8, 4) is 0 Å². The third kappa shape index (κ3) is 1.90. The van der Waals surface area contributed by atoms with E-state index in [1.807, 2.05) is 6.07 Å². The molecule has 0 spiro atoms. The Labute approximate surface area is 81.4 Å². The van der Waals surface area contributed by atoms with Crippen LogP contribution in [0.1, 0.15) is 11.6 Å². The van der Waals surface area contributed by atoms with Gasteiger partial charge in [-0.2, -0.15) is 0 Å². The first-order valence-corrected chi connectivity index (χ1v) is 4.32. The second-order valence-electron chi connectivity index (χ2n) is 2.49. The first-order valence-electron chi connectivity index (χ1n) is 3.56. The largest absolute Gasteiger partial charge is 0.329 e. The van der Waals surface area contributed by atoms with Crippen LogP contribution in [-0.4, -0.2) is 6.54 Å². The summed E-state index contributed by atoms with van der Waals surface area (Å²) in [6, 6.07) is 5.11. The molecule has 0 aliphatic heterocycles. The van der Waals surface area contributed by atoms with Crippen LogP contribution >= 0.6 is 23.2 Å². The average Bonchev–Trinajstić information content (AvgIpc) is 2.08. The molecule has 1 aromatic carbocycles. The zero-order chi connectivity index (χ0) is 9.14. The highest BCUT2D eigenvalue weighted by atomic mass is 35.5. The zero-order valence-electron chi connectivity index (χ0n) is 6.43. The molecule has 66 valence electrons. The maximum Gasteiger partial charge on any atom is 0.0640 e. The van der Waals surface area contributed by atoms with Crippen LogP contribution in [0.4, 0.5) is 0 Å². The van der Waals surface area contributed by atoms with Crippen molar-refractivity contribution in [1.29, 1.82) is 0 Å². The molecule has 4 heteroatoms.